The molecule has 3 rings (SSSR count). The fourth-order valence-electron chi connectivity index (χ4n) is 2.45. The van der Waals surface area contributed by atoms with Crippen molar-refractivity contribution >= 4 is 17.2 Å². The summed E-state index contributed by atoms with van der Waals surface area (Å²) in [6.45, 7) is 4.37. The van der Waals surface area contributed by atoms with Gasteiger partial charge in [0.1, 0.15) is 0 Å². The van der Waals surface area contributed by atoms with Crippen molar-refractivity contribution < 1.29 is 4.79 Å². The number of aryl methyl sites for hydroxylation is 2. The lowest BCUT2D eigenvalue weighted by molar-refractivity contribution is 0.0949. The first kappa shape index (κ1) is 14.5. The average Bonchev–Trinajstić information content (AvgIpc) is 3.18. The molecule has 1 N–H and O–H groups in total. The molecule has 0 radical (unpaired) electrons. The van der Waals surface area contributed by atoms with Gasteiger partial charge in [-0.3, -0.25) is 14.0 Å². The van der Waals surface area contributed by atoms with E-state index in [-0.39, 0.29) is 5.91 Å². The molecule has 0 atom stereocenters. The van der Waals surface area contributed by atoms with Crippen LogP contribution in [0.5, 0.6) is 0 Å². The van der Waals surface area contributed by atoms with Crippen LogP contribution in [0.4, 0.5) is 0 Å². The van der Waals surface area contributed by atoms with E-state index in [0.717, 1.165) is 22.2 Å². The second kappa shape index (κ2) is 5.76. The van der Waals surface area contributed by atoms with Gasteiger partial charge >= 0.3 is 0 Å². The van der Waals surface area contributed by atoms with E-state index in [4.69, 9.17) is 0 Å². The second-order valence-corrected chi connectivity index (χ2v) is 5.94. The van der Waals surface area contributed by atoms with E-state index in [0.29, 0.717) is 12.1 Å². The zero-order chi connectivity index (χ0) is 15.7. The summed E-state index contributed by atoms with van der Waals surface area (Å²) in [5, 5.41) is 9.83. The maximum Gasteiger partial charge on any atom is 0.253 e. The minimum atomic E-state index is -0.0860. The summed E-state index contributed by atoms with van der Waals surface area (Å²) < 4.78 is 3.75. The summed E-state index contributed by atoms with van der Waals surface area (Å²) >= 11 is 1.55. The van der Waals surface area contributed by atoms with Crippen LogP contribution in [0, 0.1) is 13.8 Å². The summed E-state index contributed by atoms with van der Waals surface area (Å²) in [5.41, 5.74) is 3.53. The zero-order valence-electron chi connectivity index (χ0n) is 12.7. The van der Waals surface area contributed by atoms with Crippen molar-refractivity contribution in [2.45, 2.75) is 20.4 Å². The van der Waals surface area contributed by atoms with Crippen LogP contribution >= 0.6 is 11.3 Å². The highest BCUT2D eigenvalue weighted by Gasteiger charge is 2.17. The number of rotatable bonds is 4. The van der Waals surface area contributed by atoms with E-state index >= 15 is 0 Å². The third-order valence-corrected chi connectivity index (χ3v) is 4.40. The fourth-order valence-corrected chi connectivity index (χ4v) is 3.21. The van der Waals surface area contributed by atoms with Crippen LogP contribution in [0.1, 0.15) is 27.4 Å². The van der Waals surface area contributed by atoms with Crippen molar-refractivity contribution in [2.75, 3.05) is 0 Å². The van der Waals surface area contributed by atoms with E-state index < -0.39 is 0 Å². The van der Waals surface area contributed by atoms with Crippen LogP contribution in [0.2, 0.25) is 0 Å². The number of thiazole rings is 1. The van der Waals surface area contributed by atoms with Gasteiger partial charge in [0.05, 0.1) is 17.8 Å². The molecule has 1 amide bonds. The van der Waals surface area contributed by atoms with E-state index in [2.05, 4.69) is 15.4 Å². The molecule has 7 heteroatoms. The summed E-state index contributed by atoms with van der Waals surface area (Å²) in [4.78, 5) is 16.8. The molecule has 0 spiro atoms. The lowest BCUT2D eigenvalue weighted by atomic mass is 10.2. The molecule has 3 heterocycles. The van der Waals surface area contributed by atoms with Crippen LogP contribution in [0.15, 0.2) is 29.9 Å². The van der Waals surface area contributed by atoms with Gasteiger partial charge in [-0.05, 0) is 26.0 Å². The van der Waals surface area contributed by atoms with Crippen molar-refractivity contribution in [1.82, 2.24) is 24.6 Å². The predicted molar refractivity (Wildman–Crippen MR) is 85.3 cm³/mol. The minimum absolute atomic E-state index is 0.0860. The van der Waals surface area contributed by atoms with Gasteiger partial charge in [0.25, 0.3) is 5.91 Å². The lowest BCUT2D eigenvalue weighted by Crippen LogP contribution is -2.24. The first-order valence-corrected chi connectivity index (χ1v) is 7.80. The monoisotopic (exact) mass is 315 g/mol. The highest BCUT2D eigenvalue weighted by Crippen LogP contribution is 2.22. The number of hydrogen-bond acceptors (Lipinski definition) is 4. The molecular weight excluding hydrogens is 298 g/mol. The van der Waals surface area contributed by atoms with E-state index in [1.807, 2.05) is 43.0 Å². The van der Waals surface area contributed by atoms with Crippen molar-refractivity contribution in [3.63, 3.8) is 0 Å². The first-order valence-electron chi connectivity index (χ1n) is 6.92. The molecule has 3 aromatic heterocycles. The number of amides is 1. The molecule has 6 nitrogen and oxygen atoms in total. The molecule has 3 aromatic rings. The Morgan fingerprint density at radius 1 is 1.36 bits per heavy atom. The van der Waals surface area contributed by atoms with Crippen LogP contribution in [-0.4, -0.2) is 25.2 Å². The van der Waals surface area contributed by atoms with Gasteiger partial charge in [0.2, 0.25) is 0 Å². The number of aromatic nitrogens is 4. The van der Waals surface area contributed by atoms with Crippen LogP contribution in [0.3, 0.4) is 0 Å². The van der Waals surface area contributed by atoms with E-state index in [9.17, 15) is 4.79 Å². The molecule has 0 bridgehead atoms. The molecule has 0 aliphatic heterocycles. The van der Waals surface area contributed by atoms with Gasteiger partial charge in [-0.15, -0.1) is 11.3 Å². The Labute approximate surface area is 132 Å². The molecule has 0 aliphatic carbocycles. The third kappa shape index (κ3) is 2.55. The number of nitrogens with zero attached hydrogens (tertiary/aromatic N) is 4. The molecule has 0 fully saturated rings. The Bertz CT molecular complexity index is 800. The molecule has 22 heavy (non-hydrogen) atoms. The van der Waals surface area contributed by atoms with Gasteiger partial charge in [-0.1, -0.05) is 0 Å². The highest BCUT2D eigenvalue weighted by atomic mass is 32.1. The predicted octanol–water partition coefficient (Wildman–Crippen LogP) is 2.21. The molecule has 0 saturated carbocycles. The Balaban J connectivity index is 1.82. The number of nitrogens with one attached hydrogen (secondary N) is 1. The number of carbonyl (C=O) groups is 1. The topological polar surface area (TPSA) is 64.7 Å². The Morgan fingerprint density at radius 3 is 2.82 bits per heavy atom. The molecule has 114 valence electrons. The molecule has 0 aliphatic rings. The summed E-state index contributed by atoms with van der Waals surface area (Å²) in [6.07, 6.45) is 3.48. The normalized spacial score (nSPS) is 10.9. The molecule has 0 unspecified atom stereocenters. The third-order valence-electron chi connectivity index (χ3n) is 3.64. The summed E-state index contributed by atoms with van der Waals surface area (Å²) in [7, 11) is 1.86. The lowest BCUT2D eigenvalue weighted by Gasteiger charge is -2.07. The largest absolute Gasteiger partial charge is 0.346 e. The van der Waals surface area contributed by atoms with Gasteiger partial charge < -0.3 is 5.32 Å². The second-order valence-electron chi connectivity index (χ2n) is 5.06. The summed E-state index contributed by atoms with van der Waals surface area (Å²) in [6, 6.07) is 3.79. The van der Waals surface area contributed by atoms with E-state index in [1.165, 1.54) is 0 Å². The average molecular weight is 315 g/mol. The minimum Gasteiger partial charge on any atom is -0.346 e. The Kier molecular flexibility index (Phi) is 3.81. The van der Waals surface area contributed by atoms with Crippen molar-refractivity contribution in [3.05, 3.63) is 52.6 Å². The Hall–Kier alpha value is -2.41. The standard InChI is InChI=1S/C15H17N5OS/c1-10-8-13(11(2)20(10)15-16-6-7-22-15)14(21)17-9-12-4-5-18-19(12)3/h4-8H,9H2,1-3H3,(H,17,21). The van der Waals surface area contributed by atoms with Gasteiger partial charge in [0.15, 0.2) is 5.13 Å². The molecule has 0 saturated heterocycles. The van der Waals surface area contributed by atoms with Gasteiger partial charge in [-0.25, -0.2) is 4.98 Å². The van der Waals surface area contributed by atoms with Crippen molar-refractivity contribution in [1.29, 1.82) is 0 Å². The van der Waals surface area contributed by atoms with Crippen LogP contribution in [0.25, 0.3) is 5.13 Å². The highest BCUT2D eigenvalue weighted by molar-refractivity contribution is 7.12. The number of hydrogen-bond donors (Lipinski definition) is 1. The summed E-state index contributed by atoms with van der Waals surface area (Å²) in [5.74, 6) is -0.0860. The zero-order valence-corrected chi connectivity index (χ0v) is 13.5. The molecular formula is C15H17N5OS. The van der Waals surface area contributed by atoms with Crippen LogP contribution in [-0.2, 0) is 13.6 Å². The van der Waals surface area contributed by atoms with Gasteiger partial charge in [0, 0.05) is 36.2 Å². The van der Waals surface area contributed by atoms with Gasteiger partial charge in [-0.2, -0.15) is 5.10 Å². The smallest absolute Gasteiger partial charge is 0.253 e. The quantitative estimate of drug-likeness (QED) is 0.803. The Morgan fingerprint density at radius 2 is 2.18 bits per heavy atom. The van der Waals surface area contributed by atoms with Crippen molar-refractivity contribution in [3.8, 4) is 5.13 Å². The fraction of sp³-hybridized carbons (Fsp3) is 0.267. The first-order chi connectivity index (χ1) is 10.6. The SMILES string of the molecule is Cc1cc(C(=O)NCc2ccnn2C)c(C)n1-c1nccs1. The van der Waals surface area contributed by atoms with Crippen molar-refractivity contribution in [2.24, 2.45) is 7.05 Å². The van der Waals surface area contributed by atoms with Crippen LogP contribution < -0.4 is 5.32 Å². The molecule has 0 aromatic carbocycles. The van der Waals surface area contributed by atoms with E-state index in [1.54, 1.807) is 28.4 Å². The number of carbonyl (C=O) groups excluding carboxylic acids is 1. The maximum atomic E-state index is 12.4. The maximum absolute atomic E-state index is 12.4.